The molecule has 0 aliphatic rings. The summed E-state index contributed by atoms with van der Waals surface area (Å²) in [6.07, 6.45) is 0. The first-order valence-corrected chi connectivity index (χ1v) is 31.3. The highest BCUT2D eigenvalue weighted by Crippen LogP contribution is 2.36. The summed E-state index contributed by atoms with van der Waals surface area (Å²) >= 11 is 0. The molecule has 0 heterocycles. The molecule has 0 aliphatic carbocycles. The molecule has 0 fully saturated rings. The van der Waals surface area contributed by atoms with E-state index in [1.54, 1.807) is 0 Å². The highest BCUT2D eigenvalue weighted by Gasteiger charge is 2.09. The molecule has 0 atom stereocenters. The zero-order chi connectivity index (χ0) is 61.8. The molecular weight excluding hydrogens is 1080 g/mol. The Hall–Kier alpha value is -10.9. The van der Waals surface area contributed by atoms with Gasteiger partial charge in [-0.1, -0.05) is 351 Å². The summed E-state index contributed by atoms with van der Waals surface area (Å²) in [6, 6.07) is 120. The average Bonchev–Trinajstić information content (AvgIpc) is 0.870. The summed E-state index contributed by atoms with van der Waals surface area (Å²) in [5.74, 6) is 0. The Balaban J connectivity index is 0.000000106. The SMILES string of the molecule is Cc1cc2ccccc2c2ccccc12.Cc1ccc(-c2ccccc2)c2ccccc12.Cc1ccc2c3ccccc3c3ccccc3c2c1.Cc1ccc2ccccc2c1.Cc1cccc2c(-c3ccccc3)cccc12.Cc1cccc2ccccc12. The van der Waals surface area contributed by atoms with Crippen LogP contribution in [-0.4, -0.2) is 0 Å². The number of hydrogen-bond donors (Lipinski definition) is 0. The molecule has 17 aromatic rings. The summed E-state index contributed by atoms with van der Waals surface area (Å²) in [6.45, 7) is 12.9. The van der Waals surface area contributed by atoms with Gasteiger partial charge in [0.15, 0.2) is 0 Å². The Labute approximate surface area is 530 Å². The summed E-state index contributed by atoms with van der Waals surface area (Å²) in [4.78, 5) is 0. The Bertz CT molecular complexity index is 5180. The van der Waals surface area contributed by atoms with Crippen LogP contribution in [0.5, 0.6) is 0 Å². The predicted octanol–water partition coefficient (Wildman–Crippen LogP) is 25.7. The molecule has 0 nitrogen and oxygen atoms in total. The van der Waals surface area contributed by atoms with Gasteiger partial charge in [-0.05, 0) is 183 Å². The Morgan fingerprint density at radius 2 is 0.489 bits per heavy atom. The van der Waals surface area contributed by atoms with E-state index in [-0.39, 0.29) is 0 Å². The van der Waals surface area contributed by atoms with E-state index in [4.69, 9.17) is 0 Å². The first-order valence-electron chi connectivity index (χ1n) is 31.3. The van der Waals surface area contributed by atoms with Gasteiger partial charge in [-0.3, -0.25) is 0 Å². The highest BCUT2D eigenvalue weighted by molar-refractivity contribution is 6.25. The third-order valence-corrected chi connectivity index (χ3v) is 17.2. The van der Waals surface area contributed by atoms with Gasteiger partial charge in [0.2, 0.25) is 0 Å². The lowest BCUT2D eigenvalue weighted by Gasteiger charge is -2.10. The van der Waals surface area contributed by atoms with E-state index in [9.17, 15) is 0 Å². The quantitative estimate of drug-likeness (QED) is 0.151. The third kappa shape index (κ3) is 13.3. The molecule has 0 radical (unpaired) electrons. The van der Waals surface area contributed by atoms with Crippen molar-refractivity contribution >= 4 is 97.0 Å². The van der Waals surface area contributed by atoms with Gasteiger partial charge in [0.25, 0.3) is 0 Å². The van der Waals surface area contributed by atoms with Crippen LogP contribution in [0.4, 0.5) is 0 Å². The van der Waals surface area contributed by atoms with Gasteiger partial charge in [-0.2, -0.15) is 0 Å². The predicted molar refractivity (Wildman–Crippen MR) is 396 cm³/mol. The van der Waals surface area contributed by atoms with Gasteiger partial charge in [-0.25, -0.2) is 0 Å². The molecule has 17 rings (SSSR count). The molecule has 0 amide bonds. The van der Waals surface area contributed by atoms with Crippen LogP contribution in [-0.2, 0) is 0 Å². The molecular formula is C90H74. The van der Waals surface area contributed by atoms with Gasteiger partial charge < -0.3 is 0 Å². The van der Waals surface area contributed by atoms with Crippen LogP contribution >= 0.6 is 0 Å². The van der Waals surface area contributed by atoms with Gasteiger partial charge in [0, 0.05) is 0 Å². The van der Waals surface area contributed by atoms with E-state index in [1.807, 2.05) is 0 Å². The second-order valence-corrected chi connectivity index (χ2v) is 23.4. The zero-order valence-electron chi connectivity index (χ0n) is 52.3. The molecule has 17 aromatic carbocycles. The molecule has 0 aromatic heterocycles. The van der Waals surface area contributed by atoms with E-state index in [0.717, 1.165) is 0 Å². The largest absolute Gasteiger partial charge is 0.0622 e. The molecule has 0 aliphatic heterocycles. The van der Waals surface area contributed by atoms with Crippen molar-refractivity contribution in [2.24, 2.45) is 0 Å². The van der Waals surface area contributed by atoms with E-state index >= 15 is 0 Å². The number of fused-ring (bicyclic) bond motifs is 13. The highest BCUT2D eigenvalue weighted by atomic mass is 14.1. The minimum atomic E-state index is 1.28. The molecule has 0 bridgehead atoms. The van der Waals surface area contributed by atoms with E-state index in [2.05, 4.69) is 381 Å². The van der Waals surface area contributed by atoms with E-state index < -0.39 is 0 Å². The summed E-state index contributed by atoms with van der Waals surface area (Å²) in [5, 5.41) is 24.1. The lowest BCUT2D eigenvalue weighted by molar-refractivity contribution is 1.51. The van der Waals surface area contributed by atoms with Crippen molar-refractivity contribution in [3.8, 4) is 22.3 Å². The smallest absolute Gasteiger partial charge is 0.00963 e. The summed E-state index contributed by atoms with van der Waals surface area (Å²) < 4.78 is 0. The summed E-state index contributed by atoms with van der Waals surface area (Å²) in [7, 11) is 0. The minimum Gasteiger partial charge on any atom is -0.0622 e. The van der Waals surface area contributed by atoms with E-state index in [0.29, 0.717) is 0 Å². The first kappa shape index (κ1) is 59.4. The topological polar surface area (TPSA) is 0 Å². The lowest BCUT2D eigenvalue weighted by atomic mass is 9.93. The maximum Gasteiger partial charge on any atom is -0.00963 e. The first-order chi connectivity index (χ1) is 44.2. The fourth-order valence-corrected chi connectivity index (χ4v) is 12.6. The van der Waals surface area contributed by atoms with E-state index in [1.165, 1.54) is 153 Å². The zero-order valence-corrected chi connectivity index (χ0v) is 52.3. The maximum atomic E-state index is 2.30. The molecule has 0 heteroatoms. The monoisotopic (exact) mass is 1150 g/mol. The van der Waals surface area contributed by atoms with Crippen molar-refractivity contribution in [3.05, 3.63) is 373 Å². The molecule has 0 saturated carbocycles. The molecule has 0 saturated heterocycles. The van der Waals surface area contributed by atoms with Crippen LogP contribution in [0.1, 0.15) is 33.4 Å². The fourth-order valence-electron chi connectivity index (χ4n) is 12.6. The molecule has 434 valence electrons. The standard InChI is InChI=1S/C19H14.2C17H14.C15H12.2C11H10/c1-13-10-11-18-16-8-3-2-6-14(16)15-7-4-5-9-17(15)19(18)12-13;1-13-7-5-12-17-15(13)10-6-11-16(17)14-8-3-2-4-9-14;1-13-11-12-16(14-7-3-2-4-8-14)17-10-6-5-9-15(13)17;1-11-10-12-6-2-3-8-14(12)15-9-5-4-7-13(11)15;1-9-5-4-7-10-6-2-3-8-11(9)10;1-9-6-7-10-4-2-3-5-11(10)8-9/h2-12H,1H3;2*2-12H,1H3;2-10H,1H3;2*2-8H,1H3. The van der Waals surface area contributed by atoms with Crippen molar-refractivity contribution in [1.29, 1.82) is 0 Å². The number of aryl methyl sites for hydroxylation is 6. The second kappa shape index (κ2) is 27.8. The second-order valence-electron chi connectivity index (χ2n) is 23.4. The molecule has 0 unspecified atom stereocenters. The van der Waals surface area contributed by atoms with Crippen molar-refractivity contribution < 1.29 is 0 Å². The third-order valence-electron chi connectivity index (χ3n) is 17.2. The number of hydrogen-bond acceptors (Lipinski definition) is 0. The molecule has 90 heavy (non-hydrogen) atoms. The lowest BCUT2D eigenvalue weighted by Crippen LogP contribution is -1.83. The molecule has 0 spiro atoms. The van der Waals surface area contributed by atoms with Crippen molar-refractivity contribution in [2.75, 3.05) is 0 Å². The van der Waals surface area contributed by atoms with Crippen LogP contribution in [0.25, 0.3) is 119 Å². The van der Waals surface area contributed by atoms with Crippen LogP contribution < -0.4 is 0 Å². The van der Waals surface area contributed by atoms with Gasteiger partial charge >= 0.3 is 0 Å². The van der Waals surface area contributed by atoms with Crippen molar-refractivity contribution in [1.82, 2.24) is 0 Å². The Morgan fingerprint density at radius 3 is 1.08 bits per heavy atom. The summed E-state index contributed by atoms with van der Waals surface area (Å²) in [5.41, 5.74) is 13.2. The normalized spacial score (nSPS) is 10.8. The number of rotatable bonds is 2. The Morgan fingerprint density at radius 1 is 0.144 bits per heavy atom. The van der Waals surface area contributed by atoms with Gasteiger partial charge in [-0.15, -0.1) is 0 Å². The van der Waals surface area contributed by atoms with Crippen LogP contribution in [0.15, 0.2) is 340 Å². The minimum absolute atomic E-state index is 1.28. The van der Waals surface area contributed by atoms with Crippen LogP contribution in [0.3, 0.4) is 0 Å². The van der Waals surface area contributed by atoms with Crippen molar-refractivity contribution in [3.63, 3.8) is 0 Å². The molecule has 0 N–H and O–H groups in total. The number of benzene rings is 17. The average molecular weight is 1160 g/mol. The Kier molecular flexibility index (Phi) is 18.4. The van der Waals surface area contributed by atoms with Crippen LogP contribution in [0, 0.1) is 41.5 Å². The van der Waals surface area contributed by atoms with Crippen molar-refractivity contribution in [2.45, 2.75) is 41.5 Å². The van der Waals surface area contributed by atoms with Crippen LogP contribution in [0.2, 0.25) is 0 Å². The van der Waals surface area contributed by atoms with Gasteiger partial charge in [0.1, 0.15) is 0 Å². The fraction of sp³-hybridized carbons (Fsp3) is 0.0667. The van der Waals surface area contributed by atoms with Gasteiger partial charge in [0.05, 0.1) is 0 Å². The maximum absolute atomic E-state index is 2.30.